The summed E-state index contributed by atoms with van der Waals surface area (Å²) in [6.07, 6.45) is 6.88. The van der Waals surface area contributed by atoms with Crippen LogP contribution in [0.25, 0.3) is 0 Å². The fraction of sp³-hybridized carbons (Fsp3) is 0.688. The molecule has 1 aliphatic heterocycles. The second-order valence-electron chi connectivity index (χ2n) is 6.61. The van der Waals surface area contributed by atoms with E-state index < -0.39 is 0 Å². The Bertz CT molecular complexity index is 565. The van der Waals surface area contributed by atoms with Crippen LogP contribution in [0.5, 0.6) is 0 Å². The van der Waals surface area contributed by atoms with Crippen molar-refractivity contribution in [3.05, 3.63) is 23.3 Å². The Kier molecular flexibility index (Phi) is 3.17. The molecule has 0 radical (unpaired) electrons. The van der Waals surface area contributed by atoms with E-state index in [0.717, 1.165) is 31.6 Å². The van der Waals surface area contributed by atoms with E-state index in [9.17, 15) is 9.90 Å². The second-order valence-corrected chi connectivity index (χ2v) is 6.61. The summed E-state index contributed by atoms with van der Waals surface area (Å²) in [6.45, 7) is 1.52. The van der Waals surface area contributed by atoms with Gasteiger partial charge in [-0.3, -0.25) is 4.79 Å². The summed E-state index contributed by atoms with van der Waals surface area (Å²) in [6, 6.07) is 0. The molecule has 2 fully saturated rings. The van der Waals surface area contributed by atoms with Crippen LogP contribution in [0.1, 0.15) is 48.6 Å². The summed E-state index contributed by atoms with van der Waals surface area (Å²) >= 11 is 0. The fourth-order valence-corrected chi connectivity index (χ4v) is 3.53. The van der Waals surface area contributed by atoms with Gasteiger partial charge >= 0.3 is 0 Å². The molecule has 0 saturated heterocycles. The van der Waals surface area contributed by atoms with Crippen molar-refractivity contribution >= 4 is 5.91 Å². The predicted octanol–water partition coefficient (Wildman–Crippen LogP) is 1.05. The van der Waals surface area contributed by atoms with E-state index in [-0.39, 0.29) is 17.9 Å². The largest absolute Gasteiger partial charge is 0.393 e. The Labute approximate surface area is 124 Å². The van der Waals surface area contributed by atoms with Crippen LogP contribution in [0, 0.1) is 5.92 Å². The van der Waals surface area contributed by atoms with Crippen molar-refractivity contribution in [3.63, 3.8) is 0 Å². The van der Waals surface area contributed by atoms with E-state index >= 15 is 0 Å². The highest BCUT2D eigenvalue weighted by Gasteiger charge is 2.37. The first-order valence-corrected chi connectivity index (χ1v) is 8.02. The zero-order chi connectivity index (χ0) is 14.4. The van der Waals surface area contributed by atoms with Crippen LogP contribution in [-0.2, 0) is 17.6 Å². The van der Waals surface area contributed by atoms with Gasteiger partial charge in [-0.05, 0) is 37.7 Å². The fourth-order valence-electron chi connectivity index (χ4n) is 3.53. The predicted molar refractivity (Wildman–Crippen MR) is 76.7 cm³/mol. The van der Waals surface area contributed by atoms with Gasteiger partial charge in [0, 0.05) is 37.0 Å². The van der Waals surface area contributed by atoms with Crippen LogP contribution in [0.4, 0.5) is 0 Å². The second kappa shape index (κ2) is 5.05. The molecule has 1 aromatic rings. The van der Waals surface area contributed by atoms with Gasteiger partial charge in [-0.2, -0.15) is 0 Å². The number of carbonyl (C=O) groups excluding carboxylic acids is 1. The third-order valence-electron chi connectivity index (χ3n) is 5.06. The molecule has 0 spiro atoms. The number of hydrogen-bond acceptors (Lipinski definition) is 4. The van der Waals surface area contributed by atoms with Gasteiger partial charge in [-0.25, -0.2) is 9.97 Å². The van der Waals surface area contributed by atoms with Gasteiger partial charge in [0.15, 0.2) is 0 Å². The Morgan fingerprint density at radius 3 is 2.67 bits per heavy atom. The van der Waals surface area contributed by atoms with Gasteiger partial charge < -0.3 is 10.0 Å². The topological polar surface area (TPSA) is 66.3 Å². The highest BCUT2D eigenvalue weighted by molar-refractivity contribution is 5.80. The molecule has 1 amide bonds. The molecule has 3 aliphatic rings. The number of amides is 1. The van der Waals surface area contributed by atoms with Crippen LogP contribution in [0.3, 0.4) is 0 Å². The Balaban J connectivity index is 1.49. The lowest BCUT2D eigenvalue weighted by Gasteiger charge is -2.34. The number of hydrogen-bond donors (Lipinski definition) is 1. The molecule has 4 rings (SSSR count). The monoisotopic (exact) mass is 287 g/mol. The van der Waals surface area contributed by atoms with Crippen LogP contribution in [0.2, 0.25) is 0 Å². The third-order valence-corrected chi connectivity index (χ3v) is 5.06. The summed E-state index contributed by atoms with van der Waals surface area (Å²) in [5, 5.41) is 9.38. The zero-order valence-electron chi connectivity index (χ0n) is 12.2. The Hall–Kier alpha value is -1.49. The van der Waals surface area contributed by atoms with E-state index in [1.165, 1.54) is 24.1 Å². The number of carbonyl (C=O) groups is 1. The van der Waals surface area contributed by atoms with Crippen molar-refractivity contribution < 1.29 is 9.90 Å². The number of aromatic nitrogens is 2. The van der Waals surface area contributed by atoms with Crippen molar-refractivity contribution in [3.8, 4) is 0 Å². The maximum Gasteiger partial charge on any atom is 0.225 e. The maximum atomic E-state index is 12.4. The average molecular weight is 287 g/mol. The number of nitrogens with zero attached hydrogens (tertiary/aromatic N) is 3. The quantitative estimate of drug-likeness (QED) is 0.883. The van der Waals surface area contributed by atoms with Crippen molar-refractivity contribution in [1.29, 1.82) is 0 Å². The van der Waals surface area contributed by atoms with Gasteiger partial charge in [0.05, 0.1) is 11.8 Å². The molecular weight excluding hydrogens is 266 g/mol. The molecule has 0 aromatic carbocycles. The first-order chi connectivity index (χ1) is 10.2. The van der Waals surface area contributed by atoms with E-state index in [1.807, 2.05) is 4.90 Å². The smallest absolute Gasteiger partial charge is 0.225 e. The van der Waals surface area contributed by atoms with Gasteiger partial charge in [0.1, 0.15) is 6.33 Å². The lowest BCUT2D eigenvalue weighted by Crippen LogP contribution is -2.44. The standard InChI is InChI=1S/C16H21N3O2/c20-12-7-11(8-12)16(21)19-5-3-13-14(4-6-19)17-9-18-15(13)10-1-2-10/h9-12,20H,1-8H2. The molecule has 0 atom stereocenters. The molecule has 112 valence electrons. The summed E-state index contributed by atoms with van der Waals surface area (Å²) in [5.41, 5.74) is 3.66. The van der Waals surface area contributed by atoms with Crippen molar-refractivity contribution in [2.24, 2.45) is 5.92 Å². The molecule has 2 saturated carbocycles. The maximum absolute atomic E-state index is 12.4. The van der Waals surface area contributed by atoms with Crippen molar-refractivity contribution in [1.82, 2.24) is 14.9 Å². The lowest BCUT2D eigenvalue weighted by molar-refractivity contribution is -0.142. The van der Waals surface area contributed by atoms with E-state index in [4.69, 9.17) is 0 Å². The Morgan fingerprint density at radius 1 is 1.19 bits per heavy atom. The SMILES string of the molecule is O=C(C1CC(O)C1)N1CCc2ncnc(C3CC3)c2CC1. The first-order valence-electron chi connectivity index (χ1n) is 8.02. The molecule has 1 N–H and O–H groups in total. The summed E-state index contributed by atoms with van der Waals surface area (Å²) in [4.78, 5) is 23.3. The number of fused-ring (bicyclic) bond motifs is 1. The van der Waals surface area contributed by atoms with Crippen LogP contribution in [0.15, 0.2) is 6.33 Å². The Morgan fingerprint density at radius 2 is 1.95 bits per heavy atom. The minimum Gasteiger partial charge on any atom is -0.393 e. The first kappa shape index (κ1) is 13.2. The molecular formula is C16H21N3O2. The van der Waals surface area contributed by atoms with Gasteiger partial charge in [-0.1, -0.05) is 0 Å². The van der Waals surface area contributed by atoms with Crippen LogP contribution < -0.4 is 0 Å². The van der Waals surface area contributed by atoms with Crippen molar-refractivity contribution in [2.75, 3.05) is 13.1 Å². The molecule has 1 aromatic heterocycles. The molecule has 21 heavy (non-hydrogen) atoms. The minimum absolute atomic E-state index is 0.0372. The average Bonchev–Trinajstić information content (AvgIpc) is 3.28. The van der Waals surface area contributed by atoms with Gasteiger partial charge in [0.2, 0.25) is 5.91 Å². The van der Waals surface area contributed by atoms with Crippen LogP contribution in [-0.4, -0.2) is 45.1 Å². The lowest BCUT2D eigenvalue weighted by atomic mass is 9.81. The molecule has 2 aliphatic carbocycles. The molecule has 5 nitrogen and oxygen atoms in total. The van der Waals surface area contributed by atoms with E-state index in [1.54, 1.807) is 6.33 Å². The van der Waals surface area contributed by atoms with Crippen molar-refractivity contribution in [2.45, 2.75) is 50.5 Å². The van der Waals surface area contributed by atoms with Gasteiger partial charge in [-0.15, -0.1) is 0 Å². The highest BCUT2D eigenvalue weighted by atomic mass is 16.3. The number of rotatable bonds is 2. The minimum atomic E-state index is -0.268. The number of aliphatic hydroxyl groups is 1. The summed E-state index contributed by atoms with van der Waals surface area (Å²) < 4.78 is 0. The van der Waals surface area contributed by atoms with Crippen LogP contribution >= 0.6 is 0 Å². The summed E-state index contributed by atoms with van der Waals surface area (Å²) in [5.74, 6) is 0.884. The van der Waals surface area contributed by atoms with E-state index in [0.29, 0.717) is 18.8 Å². The zero-order valence-corrected chi connectivity index (χ0v) is 12.2. The normalized spacial score (nSPS) is 28.5. The molecule has 0 bridgehead atoms. The van der Waals surface area contributed by atoms with Gasteiger partial charge in [0.25, 0.3) is 0 Å². The molecule has 0 unspecified atom stereocenters. The molecule has 2 heterocycles. The third kappa shape index (κ3) is 2.44. The summed E-state index contributed by atoms with van der Waals surface area (Å²) in [7, 11) is 0. The van der Waals surface area contributed by atoms with E-state index in [2.05, 4.69) is 9.97 Å². The number of aliphatic hydroxyl groups excluding tert-OH is 1. The highest BCUT2D eigenvalue weighted by Crippen LogP contribution is 2.41. The molecule has 5 heteroatoms.